The fraction of sp³-hybridized carbons (Fsp3) is 0.571. The topological polar surface area (TPSA) is 91.0 Å². The predicted octanol–water partition coefficient (Wildman–Crippen LogP) is 6.45. The number of fused-ring (bicyclic) bond motifs is 3. The van der Waals surface area contributed by atoms with Gasteiger partial charge in [0.15, 0.2) is 0 Å². The minimum Gasteiger partial charge on any atom is -0.444 e. The summed E-state index contributed by atoms with van der Waals surface area (Å²) in [5, 5.41) is 6.44. The number of carbonyl (C=O) groups excluding carboxylic acids is 3. The van der Waals surface area contributed by atoms with Crippen molar-refractivity contribution in [2.45, 2.75) is 102 Å². The number of anilines is 1. The number of unbranched alkanes of at least 4 members (excludes halogenated alkanes) is 2. The van der Waals surface area contributed by atoms with E-state index >= 15 is 0 Å². The van der Waals surface area contributed by atoms with Gasteiger partial charge in [0, 0.05) is 61.0 Å². The van der Waals surface area contributed by atoms with E-state index in [9.17, 15) is 14.4 Å². The van der Waals surface area contributed by atoms with Gasteiger partial charge in [0.2, 0.25) is 5.91 Å². The Morgan fingerprint density at radius 2 is 1.64 bits per heavy atom. The number of alkyl carbamates (subject to hydrolysis) is 1. The van der Waals surface area contributed by atoms with Crippen LogP contribution in [-0.4, -0.2) is 66.7 Å². The summed E-state index contributed by atoms with van der Waals surface area (Å²) in [6.07, 6.45) is 7.86. The molecule has 0 saturated carbocycles. The number of rotatable bonds is 11. The number of aryl methyl sites for hydroxylation is 1. The molecule has 3 aliphatic heterocycles. The lowest BCUT2D eigenvalue weighted by Gasteiger charge is -2.41. The molecule has 2 aromatic rings. The zero-order valence-electron chi connectivity index (χ0n) is 26.4. The SMILES string of the molecule is CC(C)(C)OC(=O)NCCCCCNC(=O)c1cc(Cl)ccc1C1CC2CCC(C1)N2CCN1C(=O)CCc2ccccc21. The molecule has 44 heavy (non-hydrogen) atoms. The van der Waals surface area contributed by atoms with Gasteiger partial charge in [-0.1, -0.05) is 35.9 Å². The Labute approximate surface area is 266 Å². The average Bonchev–Trinajstić information content (AvgIpc) is 3.21. The maximum Gasteiger partial charge on any atom is 0.407 e. The Bertz CT molecular complexity index is 1330. The zero-order valence-corrected chi connectivity index (χ0v) is 27.1. The third-order valence-corrected chi connectivity index (χ3v) is 9.40. The van der Waals surface area contributed by atoms with E-state index in [-0.39, 0.29) is 11.8 Å². The smallest absolute Gasteiger partial charge is 0.407 e. The maximum absolute atomic E-state index is 13.3. The summed E-state index contributed by atoms with van der Waals surface area (Å²) >= 11 is 6.37. The Balaban J connectivity index is 1.12. The number of hydrogen-bond acceptors (Lipinski definition) is 5. The number of carbonyl (C=O) groups is 3. The molecule has 3 aliphatic rings. The second kappa shape index (κ2) is 14.3. The summed E-state index contributed by atoms with van der Waals surface area (Å²) in [7, 11) is 0. The van der Waals surface area contributed by atoms with Crippen LogP contribution in [0.2, 0.25) is 5.02 Å². The number of hydrogen-bond donors (Lipinski definition) is 2. The molecule has 0 aliphatic carbocycles. The standard InChI is InChI=1S/C35H47ClN4O4/c1-35(2,3)44-34(43)38-18-8-4-7-17-37-33(42)30-23-26(36)12-15-29(30)25-21-27-13-14-28(22-25)39(27)19-20-40-31-10-6-5-9-24(31)11-16-32(40)41/h5-6,9-10,12,15,23,25,27-28H,4,7-8,11,13-14,16-22H2,1-3H3,(H,37,42)(H,38,43). The number of nitrogens with zero attached hydrogens (tertiary/aromatic N) is 2. The van der Waals surface area contributed by atoms with Crippen LogP contribution < -0.4 is 15.5 Å². The predicted molar refractivity (Wildman–Crippen MR) is 174 cm³/mol. The van der Waals surface area contributed by atoms with Crippen molar-refractivity contribution < 1.29 is 19.1 Å². The molecule has 3 heterocycles. The number of halogens is 1. The summed E-state index contributed by atoms with van der Waals surface area (Å²) in [4.78, 5) is 42.5. The molecule has 238 valence electrons. The first-order valence-electron chi connectivity index (χ1n) is 16.3. The van der Waals surface area contributed by atoms with E-state index in [0.29, 0.717) is 48.1 Å². The van der Waals surface area contributed by atoms with Crippen LogP contribution in [0, 0.1) is 0 Å². The number of benzene rings is 2. The van der Waals surface area contributed by atoms with Crippen molar-refractivity contribution >= 4 is 35.2 Å². The van der Waals surface area contributed by atoms with Crippen molar-refractivity contribution in [1.82, 2.24) is 15.5 Å². The quantitative estimate of drug-likeness (QED) is 0.281. The molecular formula is C35H47ClN4O4. The molecule has 2 N–H and O–H groups in total. The zero-order chi connectivity index (χ0) is 31.3. The molecule has 2 aromatic carbocycles. The van der Waals surface area contributed by atoms with Crippen molar-refractivity contribution in [3.8, 4) is 0 Å². The Hall–Kier alpha value is -3.10. The molecule has 5 rings (SSSR count). The van der Waals surface area contributed by atoms with Crippen LogP contribution in [0.5, 0.6) is 0 Å². The lowest BCUT2D eigenvalue weighted by Crippen LogP contribution is -2.48. The Kier molecular flexibility index (Phi) is 10.5. The number of nitrogens with one attached hydrogen (secondary N) is 2. The van der Waals surface area contributed by atoms with Gasteiger partial charge in [-0.05, 0) is 107 Å². The van der Waals surface area contributed by atoms with E-state index in [4.69, 9.17) is 16.3 Å². The second-order valence-electron chi connectivity index (χ2n) is 13.4. The summed E-state index contributed by atoms with van der Waals surface area (Å²) in [6.45, 7) is 8.24. The molecule has 9 heteroatoms. The fourth-order valence-electron chi connectivity index (χ4n) is 7.16. The van der Waals surface area contributed by atoms with E-state index in [1.807, 2.05) is 49.9 Å². The van der Waals surface area contributed by atoms with E-state index in [0.717, 1.165) is 75.7 Å². The third kappa shape index (κ3) is 8.13. The van der Waals surface area contributed by atoms with Crippen LogP contribution in [0.4, 0.5) is 10.5 Å². The summed E-state index contributed by atoms with van der Waals surface area (Å²) in [5.41, 5.74) is 3.59. The highest BCUT2D eigenvalue weighted by Crippen LogP contribution is 2.44. The van der Waals surface area contributed by atoms with Gasteiger partial charge in [-0.25, -0.2) is 4.79 Å². The number of amides is 3. The molecule has 2 bridgehead atoms. The Morgan fingerprint density at radius 3 is 2.36 bits per heavy atom. The van der Waals surface area contributed by atoms with E-state index < -0.39 is 11.7 Å². The highest BCUT2D eigenvalue weighted by atomic mass is 35.5. The molecule has 2 unspecified atom stereocenters. The van der Waals surface area contributed by atoms with E-state index in [1.165, 1.54) is 5.56 Å². The number of para-hydroxylation sites is 1. The van der Waals surface area contributed by atoms with Crippen LogP contribution in [0.15, 0.2) is 42.5 Å². The summed E-state index contributed by atoms with van der Waals surface area (Å²) in [5.74, 6) is 0.449. The molecule has 2 fully saturated rings. The van der Waals surface area contributed by atoms with Crippen LogP contribution in [-0.2, 0) is 16.0 Å². The van der Waals surface area contributed by atoms with Crippen LogP contribution in [0.1, 0.15) is 99.5 Å². The lowest BCUT2D eigenvalue weighted by atomic mass is 9.82. The number of ether oxygens (including phenoxy) is 1. The van der Waals surface area contributed by atoms with Crippen molar-refractivity contribution in [2.24, 2.45) is 0 Å². The molecule has 2 atom stereocenters. The van der Waals surface area contributed by atoms with Gasteiger partial charge in [-0.3, -0.25) is 14.5 Å². The molecule has 0 aromatic heterocycles. The van der Waals surface area contributed by atoms with Gasteiger partial charge in [0.05, 0.1) is 0 Å². The van der Waals surface area contributed by atoms with Crippen molar-refractivity contribution in [1.29, 1.82) is 0 Å². The van der Waals surface area contributed by atoms with Gasteiger partial charge in [-0.15, -0.1) is 0 Å². The van der Waals surface area contributed by atoms with Crippen LogP contribution in [0.25, 0.3) is 0 Å². The van der Waals surface area contributed by atoms with Gasteiger partial charge in [0.25, 0.3) is 5.91 Å². The highest BCUT2D eigenvalue weighted by Gasteiger charge is 2.42. The van der Waals surface area contributed by atoms with Crippen molar-refractivity contribution in [3.05, 3.63) is 64.2 Å². The summed E-state index contributed by atoms with van der Waals surface area (Å²) < 4.78 is 5.26. The molecule has 0 radical (unpaired) electrons. The van der Waals surface area contributed by atoms with Gasteiger partial charge >= 0.3 is 6.09 Å². The molecule has 3 amide bonds. The third-order valence-electron chi connectivity index (χ3n) is 9.16. The fourth-order valence-corrected chi connectivity index (χ4v) is 7.33. The van der Waals surface area contributed by atoms with Crippen LogP contribution in [0.3, 0.4) is 0 Å². The van der Waals surface area contributed by atoms with Gasteiger partial charge in [-0.2, -0.15) is 0 Å². The molecule has 0 spiro atoms. The van der Waals surface area contributed by atoms with Crippen molar-refractivity contribution in [2.75, 3.05) is 31.1 Å². The second-order valence-corrected chi connectivity index (χ2v) is 13.9. The maximum atomic E-state index is 13.3. The first-order chi connectivity index (χ1) is 21.1. The lowest BCUT2D eigenvalue weighted by molar-refractivity contribution is -0.119. The molecular weight excluding hydrogens is 576 g/mol. The normalized spacial score (nSPS) is 21.6. The average molecular weight is 623 g/mol. The first kappa shape index (κ1) is 32.3. The van der Waals surface area contributed by atoms with Gasteiger partial charge in [0.1, 0.15) is 5.60 Å². The number of piperidine rings is 1. The van der Waals surface area contributed by atoms with E-state index in [1.54, 1.807) is 0 Å². The van der Waals surface area contributed by atoms with Crippen molar-refractivity contribution in [3.63, 3.8) is 0 Å². The summed E-state index contributed by atoms with van der Waals surface area (Å²) in [6, 6.07) is 14.9. The van der Waals surface area contributed by atoms with Crippen LogP contribution >= 0.6 is 11.6 Å². The Morgan fingerprint density at radius 1 is 0.932 bits per heavy atom. The molecule has 2 saturated heterocycles. The minimum atomic E-state index is -0.508. The first-order valence-corrected chi connectivity index (χ1v) is 16.7. The minimum absolute atomic E-state index is 0.0774. The highest BCUT2D eigenvalue weighted by molar-refractivity contribution is 6.31. The molecule has 8 nitrogen and oxygen atoms in total. The largest absolute Gasteiger partial charge is 0.444 e. The van der Waals surface area contributed by atoms with E-state index in [2.05, 4.69) is 33.7 Å². The monoisotopic (exact) mass is 622 g/mol. The van der Waals surface area contributed by atoms with Gasteiger partial charge < -0.3 is 20.3 Å².